The summed E-state index contributed by atoms with van der Waals surface area (Å²) < 4.78 is 5.51. The van der Waals surface area contributed by atoms with Gasteiger partial charge in [0.2, 0.25) is 0 Å². The number of ketones is 1. The van der Waals surface area contributed by atoms with Crippen LogP contribution in [0.5, 0.6) is 0 Å². The van der Waals surface area contributed by atoms with Crippen LogP contribution in [0.4, 0.5) is 5.69 Å². The molecule has 0 saturated heterocycles. The predicted octanol–water partition coefficient (Wildman–Crippen LogP) is 8.75. The number of anilines is 1. The molecule has 0 aliphatic carbocycles. The van der Waals surface area contributed by atoms with Gasteiger partial charge < -0.3 is 10.2 Å². The zero-order valence-electron chi connectivity index (χ0n) is 21.4. The minimum atomic E-state index is -0.218. The van der Waals surface area contributed by atoms with Gasteiger partial charge in [-0.1, -0.05) is 84.0 Å². The molecule has 0 spiro atoms. The molecule has 5 nitrogen and oxygen atoms in total. The predicted molar refractivity (Wildman–Crippen MR) is 146 cm³/mol. The molecule has 3 aromatic rings. The third kappa shape index (κ3) is 8.60. The van der Waals surface area contributed by atoms with E-state index in [0.717, 1.165) is 34.8 Å². The standard InChI is InChI=1S/C29H41N3O2S/c1-3-4-5-6-7-8-9-10-11-12-13-14-15-24(27(33)23-17-16-22(2)31-20-23)26-21-32-29(35-26)28-25(30)18-19-34-28/h16-21,24H,3-15,30H2,1-2H3. The van der Waals surface area contributed by atoms with E-state index >= 15 is 0 Å². The average molecular weight is 496 g/mol. The fraction of sp³-hybridized carbons (Fsp3) is 0.552. The number of nitrogen functional groups attached to an aromatic ring is 1. The molecule has 3 aromatic heterocycles. The number of aromatic nitrogens is 2. The van der Waals surface area contributed by atoms with Crippen LogP contribution in [0.1, 0.15) is 117 Å². The molecule has 1 atom stereocenters. The Morgan fingerprint density at radius 2 is 1.57 bits per heavy atom. The van der Waals surface area contributed by atoms with E-state index in [-0.39, 0.29) is 11.7 Å². The number of hydrogen-bond acceptors (Lipinski definition) is 6. The lowest BCUT2D eigenvalue weighted by atomic mass is 9.91. The van der Waals surface area contributed by atoms with E-state index in [9.17, 15) is 4.79 Å². The van der Waals surface area contributed by atoms with Gasteiger partial charge >= 0.3 is 0 Å². The van der Waals surface area contributed by atoms with Gasteiger partial charge in [-0.2, -0.15) is 0 Å². The molecular weight excluding hydrogens is 454 g/mol. The number of thiazole rings is 1. The van der Waals surface area contributed by atoms with Crippen molar-refractivity contribution in [1.29, 1.82) is 0 Å². The summed E-state index contributed by atoms with van der Waals surface area (Å²) in [7, 11) is 0. The first-order valence-corrected chi connectivity index (χ1v) is 14.2. The first-order valence-electron chi connectivity index (χ1n) is 13.4. The SMILES string of the molecule is CCCCCCCCCCCCCCC(C(=O)c1ccc(C)nc1)c1cnc(-c2occc2N)s1. The van der Waals surface area contributed by atoms with E-state index in [1.165, 1.54) is 75.5 Å². The topological polar surface area (TPSA) is 82.0 Å². The highest BCUT2D eigenvalue weighted by Crippen LogP contribution is 2.36. The maximum absolute atomic E-state index is 13.4. The zero-order valence-corrected chi connectivity index (χ0v) is 22.2. The number of nitrogens with zero attached hydrogens (tertiary/aromatic N) is 2. The largest absolute Gasteiger partial charge is 0.460 e. The van der Waals surface area contributed by atoms with E-state index < -0.39 is 0 Å². The van der Waals surface area contributed by atoms with Crippen molar-refractivity contribution in [2.45, 2.75) is 103 Å². The van der Waals surface area contributed by atoms with Crippen molar-refractivity contribution in [3.8, 4) is 10.8 Å². The van der Waals surface area contributed by atoms with Gasteiger partial charge in [-0.3, -0.25) is 9.78 Å². The highest BCUT2D eigenvalue weighted by molar-refractivity contribution is 7.15. The molecule has 0 radical (unpaired) electrons. The highest BCUT2D eigenvalue weighted by atomic mass is 32.1. The number of aryl methyl sites for hydroxylation is 1. The number of carbonyl (C=O) groups excluding carboxylic acids is 1. The van der Waals surface area contributed by atoms with Crippen LogP contribution in [0.2, 0.25) is 0 Å². The third-order valence-electron chi connectivity index (χ3n) is 6.62. The van der Waals surface area contributed by atoms with E-state index in [4.69, 9.17) is 10.2 Å². The Hall–Kier alpha value is -2.47. The lowest BCUT2D eigenvalue weighted by Gasteiger charge is -2.14. The van der Waals surface area contributed by atoms with Crippen LogP contribution in [0.25, 0.3) is 10.8 Å². The molecule has 0 fully saturated rings. The van der Waals surface area contributed by atoms with Crippen LogP contribution in [0.3, 0.4) is 0 Å². The summed E-state index contributed by atoms with van der Waals surface area (Å²) in [5, 5.41) is 0.719. The van der Waals surface area contributed by atoms with Crippen LogP contribution in [0, 0.1) is 6.92 Å². The van der Waals surface area contributed by atoms with E-state index in [2.05, 4.69) is 16.9 Å². The van der Waals surface area contributed by atoms with Crippen molar-refractivity contribution in [2.75, 3.05) is 5.73 Å². The Labute approximate surface area is 214 Å². The number of Topliss-reactive ketones (excluding diaryl/α,β-unsaturated/α-hetero) is 1. The second-order valence-electron chi connectivity index (χ2n) is 9.56. The van der Waals surface area contributed by atoms with Gasteiger partial charge in [-0.15, -0.1) is 11.3 Å². The van der Waals surface area contributed by atoms with Crippen LogP contribution in [-0.4, -0.2) is 15.8 Å². The molecule has 6 heteroatoms. The zero-order chi connectivity index (χ0) is 24.9. The van der Waals surface area contributed by atoms with Crippen molar-refractivity contribution < 1.29 is 9.21 Å². The summed E-state index contributed by atoms with van der Waals surface area (Å²) in [5.41, 5.74) is 8.14. The minimum absolute atomic E-state index is 0.114. The van der Waals surface area contributed by atoms with Gasteiger partial charge in [0.1, 0.15) is 0 Å². The van der Waals surface area contributed by atoms with Crippen LogP contribution in [-0.2, 0) is 0 Å². The number of nitrogens with two attached hydrogens (primary N) is 1. The normalized spacial score (nSPS) is 12.2. The molecule has 3 rings (SSSR count). The van der Waals surface area contributed by atoms with Gasteiger partial charge in [-0.05, 0) is 25.5 Å². The van der Waals surface area contributed by atoms with E-state index in [1.807, 2.05) is 25.3 Å². The van der Waals surface area contributed by atoms with E-state index in [0.29, 0.717) is 17.0 Å². The maximum Gasteiger partial charge on any atom is 0.185 e. The van der Waals surface area contributed by atoms with Gasteiger partial charge in [0.05, 0.1) is 17.9 Å². The lowest BCUT2D eigenvalue weighted by molar-refractivity contribution is 0.0954. The van der Waals surface area contributed by atoms with E-state index in [1.54, 1.807) is 18.5 Å². The number of rotatable bonds is 17. The fourth-order valence-electron chi connectivity index (χ4n) is 4.45. The molecule has 0 aliphatic rings. The summed E-state index contributed by atoms with van der Waals surface area (Å²) in [6, 6.07) is 5.51. The molecule has 0 bridgehead atoms. The first kappa shape index (κ1) is 27.1. The molecule has 0 amide bonds. The monoisotopic (exact) mass is 495 g/mol. The highest BCUT2D eigenvalue weighted by Gasteiger charge is 2.25. The second kappa shape index (κ2) is 14.8. The van der Waals surface area contributed by atoms with Gasteiger partial charge in [0.25, 0.3) is 0 Å². The number of furan rings is 1. The number of unbranched alkanes of at least 4 members (excludes halogenated alkanes) is 11. The Morgan fingerprint density at radius 3 is 2.14 bits per heavy atom. The molecule has 1 unspecified atom stereocenters. The third-order valence-corrected chi connectivity index (χ3v) is 7.73. The number of carbonyl (C=O) groups is 1. The van der Waals surface area contributed by atoms with Crippen molar-refractivity contribution in [2.24, 2.45) is 0 Å². The Bertz CT molecular complexity index is 1010. The molecule has 3 heterocycles. The van der Waals surface area contributed by atoms with Crippen molar-refractivity contribution in [1.82, 2.24) is 9.97 Å². The van der Waals surface area contributed by atoms with Crippen molar-refractivity contribution in [3.05, 3.63) is 53.0 Å². The molecule has 190 valence electrons. The molecule has 0 aromatic carbocycles. The van der Waals surface area contributed by atoms with Gasteiger partial charge in [-0.25, -0.2) is 4.98 Å². The van der Waals surface area contributed by atoms with Crippen LogP contribution in [0.15, 0.2) is 41.3 Å². The van der Waals surface area contributed by atoms with Crippen LogP contribution < -0.4 is 5.73 Å². The number of hydrogen-bond donors (Lipinski definition) is 1. The molecule has 0 aliphatic heterocycles. The summed E-state index contributed by atoms with van der Waals surface area (Å²) >= 11 is 1.50. The molecular formula is C29H41N3O2S. The van der Waals surface area contributed by atoms with Gasteiger partial charge in [0, 0.05) is 34.6 Å². The number of pyridine rings is 1. The van der Waals surface area contributed by atoms with Crippen molar-refractivity contribution >= 4 is 22.8 Å². The smallest absolute Gasteiger partial charge is 0.185 e. The molecule has 2 N–H and O–H groups in total. The molecule has 35 heavy (non-hydrogen) atoms. The molecule has 0 saturated carbocycles. The quantitative estimate of drug-likeness (QED) is 0.149. The Morgan fingerprint density at radius 1 is 0.914 bits per heavy atom. The average Bonchev–Trinajstić information content (AvgIpc) is 3.51. The Kier molecular flexibility index (Phi) is 11.5. The maximum atomic E-state index is 13.4. The summed E-state index contributed by atoms with van der Waals surface area (Å²) in [4.78, 5) is 23.3. The van der Waals surface area contributed by atoms with Gasteiger partial charge in [0.15, 0.2) is 16.6 Å². The summed E-state index contributed by atoms with van der Waals surface area (Å²) in [6.07, 6.45) is 21.5. The summed E-state index contributed by atoms with van der Waals surface area (Å²) in [5.74, 6) is 0.475. The first-order chi connectivity index (χ1) is 17.1. The summed E-state index contributed by atoms with van der Waals surface area (Å²) in [6.45, 7) is 4.20. The Balaban J connectivity index is 1.50. The minimum Gasteiger partial charge on any atom is -0.460 e. The fourth-order valence-corrected chi connectivity index (χ4v) is 5.51. The lowest BCUT2D eigenvalue weighted by Crippen LogP contribution is -2.12. The second-order valence-corrected chi connectivity index (χ2v) is 10.6. The van der Waals surface area contributed by atoms with Crippen LogP contribution >= 0.6 is 11.3 Å². The van der Waals surface area contributed by atoms with Crippen molar-refractivity contribution in [3.63, 3.8) is 0 Å².